The summed E-state index contributed by atoms with van der Waals surface area (Å²) in [6, 6.07) is 11.0. The number of carbonyl (C=O) groups excluding carboxylic acids is 1. The van der Waals surface area contributed by atoms with Crippen molar-refractivity contribution >= 4 is 17.4 Å². The average Bonchev–Trinajstić information content (AvgIpc) is 2.82. The fourth-order valence-corrected chi connectivity index (χ4v) is 2.22. The maximum absolute atomic E-state index is 12.0. The van der Waals surface area contributed by atoms with Crippen LogP contribution in [0.2, 0.25) is 0 Å². The summed E-state index contributed by atoms with van der Waals surface area (Å²) in [4.78, 5) is 17.8. The fraction of sp³-hybridized carbons (Fsp3) is 0.143. The zero-order valence-corrected chi connectivity index (χ0v) is 10.3. The van der Waals surface area contributed by atoms with E-state index in [0.717, 1.165) is 11.3 Å². The number of carbonyl (C=O) groups is 1. The molecular weight excluding hydrogens is 240 g/mol. The molecule has 1 fully saturated rings. The lowest BCUT2D eigenvalue weighted by Gasteiger charge is -2.15. The number of nitrogens with two attached hydrogens (primary N) is 1. The van der Waals surface area contributed by atoms with Crippen molar-refractivity contribution < 1.29 is 4.79 Å². The number of nitrogen functional groups attached to an aromatic ring is 1. The van der Waals surface area contributed by atoms with Gasteiger partial charge in [0.25, 0.3) is 0 Å². The third kappa shape index (κ3) is 2.22. The van der Waals surface area contributed by atoms with Crippen molar-refractivity contribution in [3.05, 3.63) is 54.4 Å². The zero-order chi connectivity index (χ0) is 13.2. The molecule has 0 aliphatic carbocycles. The van der Waals surface area contributed by atoms with Gasteiger partial charge in [-0.15, -0.1) is 0 Å². The lowest BCUT2D eigenvalue weighted by Crippen LogP contribution is -2.27. The van der Waals surface area contributed by atoms with Crippen LogP contribution in [0.15, 0.2) is 48.8 Å². The molecule has 1 aromatic heterocycles. The van der Waals surface area contributed by atoms with E-state index in [1.807, 2.05) is 24.3 Å². The summed E-state index contributed by atoms with van der Waals surface area (Å²) in [5.74, 6) is 0. The highest BCUT2D eigenvalue weighted by Gasteiger charge is 2.30. The van der Waals surface area contributed by atoms with Gasteiger partial charge in [0.05, 0.1) is 12.6 Å². The van der Waals surface area contributed by atoms with Crippen LogP contribution in [0.5, 0.6) is 0 Å². The molecule has 2 heterocycles. The molecule has 3 N–H and O–H groups in total. The molecule has 0 saturated carbocycles. The highest BCUT2D eigenvalue weighted by molar-refractivity contribution is 5.95. The highest BCUT2D eigenvalue weighted by atomic mass is 16.2. The van der Waals surface area contributed by atoms with Crippen LogP contribution < -0.4 is 16.0 Å². The molecule has 0 spiro atoms. The van der Waals surface area contributed by atoms with Crippen LogP contribution in [0.3, 0.4) is 0 Å². The number of rotatable bonds is 2. The van der Waals surface area contributed by atoms with Gasteiger partial charge < -0.3 is 11.1 Å². The molecular formula is C14H14N4O. The first kappa shape index (κ1) is 11.5. The average molecular weight is 254 g/mol. The van der Waals surface area contributed by atoms with E-state index in [2.05, 4.69) is 10.3 Å². The second-order valence-corrected chi connectivity index (χ2v) is 4.49. The van der Waals surface area contributed by atoms with Gasteiger partial charge >= 0.3 is 6.03 Å². The largest absolute Gasteiger partial charge is 0.399 e. The standard InChI is InChI=1S/C14H14N4O/c15-11-4-1-5-12(7-11)18-9-13(17-14(18)19)10-3-2-6-16-8-10/h1-8,13H,9,15H2,(H,17,19). The molecule has 0 radical (unpaired) electrons. The van der Waals surface area contributed by atoms with Crippen molar-refractivity contribution in [3.8, 4) is 0 Å². The summed E-state index contributed by atoms with van der Waals surface area (Å²) >= 11 is 0. The molecule has 3 rings (SSSR count). The topological polar surface area (TPSA) is 71.2 Å². The lowest BCUT2D eigenvalue weighted by molar-refractivity contribution is 0.251. The van der Waals surface area contributed by atoms with Crippen LogP contribution >= 0.6 is 0 Å². The van der Waals surface area contributed by atoms with Gasteiger partial charge in [0, 0.05) is 23.8 Å². The predicted molar refractivity (Wildman–Crippen MR) is 73.7 cm³/mol. The quantitative estimate of drug-likeness (QED) is 0.804. The summed E-state index contributed by atoms with van der Waals surface area (Å²) in [7, 11) is 0. The van der Waals surface area contributed by atoms with Crippen LogP contribution in [0, 0.1) is 0 Å². The van der Waals surface area contributed by atoms with E-state index in [1.165, 1.54) is 0 Å². The Morgan fingerprint density at radius 2 is 2.21 bits per heavy atom. The first-order valence-corrected chi connectivity index (χ1v) is 6.07. The van der Waals surface area contributed by atoms with Crippen molar-refractivity contribution in [1.82, 2.24) is 10.3 Å². The van der Waals surface area contributed by atoms with Crippen LogP contribution in [0.1, 0.15) is 11.6 Å². The monoisotopic (exact) mass is 254 g/mol. The third-order valence-corrected chi connectivity index (χ3v) is 3.18. The first-order chi connectivity index (χ1) is 9.24. The number of hydrogen-bond donors (Lipinski definition) is 2. The van der Waals surface area contributed by atoms with Gasteiger partial charge in [-0.1, -0.05) is 12.1 Å². The minimum atomic E-state index is -0.112. The smallest absolute Gasteiger partial charge is 0.322 e. The minimum Gasteiger partial charge on any atom is -0.399 e. The van der Waals surface area contributed by atoms with Gasteiger partial charge in [0.1, 0.15) is 0 Å². The maximum atomic E-state index is 12.0. The van der Waals surface area contributed by atoms with E-state index >= 15 is 0 Å². The van der Waals surface area contributed by atoms with E-state index in [9.17, 15) is 4.79 Å². The Hall–Kier alpha value is -2.56. The number of nitrogens with one attached hydrogen (secondary N) is 1. The number of aromatic nitrogens is 1. The van der Waals surface area contributed by atoms with Crippen LogP contribution in [-0.4, -0.2) is 17.6 Å². The second kappa shape index (κ2) is 4.61. The zero-order valence-electron chi connectivity index (χ0n) is 10.3. The number of benzene rings is 1. The van der Waals surface area contributed by atoms with Gasteiger partial charge in [-0.05, 0) is 29.8 Å². The third-order valence-electron chi connectivity index (χ3n) is 3.18. The Morgan fingerprint density at radius 1 is 1.32 bits per heavy atom. The number of amides is 2. The summed E-state index contributed by atoms with van der Waals surface area (Å²) in [6.07, 6.45) is 3.49. The normalized spacial score (nSPS) is 18.4. The summed E-state index contributed by atoms with van der Waals surface area (Å²) < 4.78 is 0. The van der Waals surface area contributed by atoms with Crippen molar-refractivity contribution in [2.24, 2.45) is 0 Å². The molecule has 5 nitrogen and oxygen atoms in total. The first-order valence-electron chi connectivity index (χ1n) is 6.07. The van der Waals surface area contributed by atoms with Crippen LogP contribution in [0.25, 0.3) is 0 Å². The van der Waals surface area contributed by atoms with E-state index in [0.29, 0.717) is 12.2 Å². The van der Waals surface area contributed by atoms with Crippen molar-refractivity contribution in [3.63, 3.8) is 0 Å². The van der Waals surface area contributed by atoms with Crippen molar-refractivity contribution in [2.75, 3.05) is 17.2 Å². The Morgan fingerprint density at radius 3 is 2.95 bits per heavy atom. The fourth-order valence-electron chi connectivity index (χ4n) is 2.22. The van der Waals surface area contributed by atoms with E-state index in [-0.39, 0.29) is 12.1 Å². The summed E-state index contributed by atoms with van der Waals surface area (Å²) in [5.41, 5.74) is 8.21. The van der Waals surface area contributed by atoms with Gasteiger partial charge in [-0.25, -0.2) is 4.79 Å². The molecule has 5 heteroatoms. The molecule has 1 aliphatic rings. The van der Waals surface area contributed by atoms with Crippen LogP contribution in [-0.2, 0) is 0 Å². The van der Waals surface area contributed by atoms with Gasteiger partial charge in [-0.2, -0.15) is 0 Å². The Balaban J connectivity index is 1.85. The Labute approximate surface area is 111 Å². The minimum absolute atomic E-state index is 0.0392. The van der Waals surface area contributed by atoms with Crippen LogP contribution in [0.4, 0.5) is 16.2 Å². The molecule has 96 valence electrons. The van der Waals surface area contributed by atoms with Crippen molar-refractivity contribution in [2.45, 2.75) is 6.04 Å². The van der Waals surface area contributed by atoms with Gasteiger partial charge in [0.15, 0.2) is 0 Å². The molecule has 0 bridgehead atoms. The van der Waals surface area contributed by atoms with Gasteiger partial charge in [-0.3, -0.25) is 9.88 Å². The van der Waals surface area contributed by atoms with Gasteiger partial charge in [0.2, 0.25) is 0 Å². The number of hydrogen-bond acceptors (Lipinski definition) is 3. The number of urea groups is 1. The SMILES string of the molecule is Nc1cccc(N2CC(c3cccnc3)NC2=O)c1. The number of nitrogens with zero attached hydrogens (tertiary/aromatic N) is 2. The second-order valence-electron chi connectivity index (χ2n) is 4.49. The number of anilines is 2. The van der Waals surface area contributed by atoms with E-state index < -0.39 is 0 Å². The molecule has 1 aliphatic heterocycles. The number of pyridine rings is 1. The molecule has 19 heavy (non-hydrogen) atoms. The molecule has 1 unspecified atom stereocenters. The summed E-state index contributed by atoms with van der Waals surface area (Å²) in [5, 5.41) is 2.94. The van der Waals surface area contributed by atoms with E-state index in [4.69, 9.17) is 5.73 Å². The molecule has 1 atom stereocenters. The predicted octanol–water partition coefficient (Wildman–Crippen LogP) is 1.93. The molecule has 2 aromatic rings. The Bertz CT molecular complexity index is 599. The highest BCUT2D eigenvalue weighted by Crippen LogP contribution is 2.26. The molecule has 2 amide bonds. The molecule has 1 aromatic carbocycles. The van der Waals surface area contributed by atoms with Crippen molar-refractivity contribution in [1.29, 1.82) is 0 Å². The molecule has 1 saturated heterocycles. The lowest BCUT2D eigenvalue weighted by atomic mass is 10.1. The van der Waals surface area contributed by atoms with E-state index in [1.54, 1.807) is 29.4 Å². The summed E-state index contributed by atoms with van der Waals surface area (Å²) in [6.45, 7) is 0.577. The Kier molecular flexibility index (Phi) is 2.79. The maximum Gasteiger partial charge on any atom is 0.322 e.